The molecular weight excluding hydrogens is 294 g/mol. The Hall–Kier alpha value is -2.67. The number of anilines is 1. The maximum atomic E-state index is 12.0. The van der Waals surface area contributed by atoms with Crippen molar-refractivity contribution in [1.29, 1.82) is 0 Å². The smallest absolute Gasteiger partial charge is 0.220 e. The lowest BCUT2D eigenvalue weighted by molar-refractivity contribution is -0.111. The van der Waals surface area contributed by atoms with Gasteiger partial charge in [-0.25, -0.2) is 19.9 Å². The summed E-state index contributed by atoms with van der Waals surface area (Å²) in [6, 6.07) is 0. The number of nitrogen functional groups attached to an aromatic ring is 1. The zero-order valence-corrected chi connectivity index (χ0v) is 13.5. The van der Waals surface area contributed by atoms with Crippen molar-refractivity contribution in [2.45, 2.75) is 33.8 Å². The van der Waals surface area contributed by atoms with Crippen LogP contribution in [0.4, 0.5) is 5.95 Å². The van der Waals surface area contributed by atoms with Crippen LogP contribution in [0.2, 0.25) is 0 Å². The predicted octanol–water partition coefficient (Wildman–Crippen LogP) is 1.65. The van der Waals surface area contributed by atoms with E-state index in [2.05, 4.69) is 19.9 Å². The van der Waals surface area contributed by atoms with Crippen molar-refractivity contribution in [1.82, 2.24) is 19.9 Å². The van der Waals surface area contributed by atoms with E-state index in [0.717, 1.165) is 5.56 Å². The molecule has 0 unspecified atom stereocenters. The normalized spacial score (nSPS) is 13.0. The molecule has 2 heterocycles. The van der Waals surface area contributed by atoms with E-state index in [-0.39, 0.29) is 11.7 Å². The number of ketones is 1. The number of hydrogen-bond acceptors (Lipinski definition) is 7. The highest BCUT2D eigenvalue weighted by Gasteiger charge is 2.13. The molecule has 0 fully saturated rings. The van der Waals surface area contributed by atoms with Crippen LogP contribution in [-0.4, -0.2) is 30.8 Å². The molecule has 0 radical (unpaired) electrons. The van der Waals surface area contributed by atoms with Gasteiger partial charge in [0.05, 0.1) is 11.4 Å². The van der Waals surface area contributed by atoms with E-state index in [9.17, 15) is 9.90 Å². The lowest BCUT2D eigenvalue weighted by Gasteiger charge is -2.09. The third kappa shape index (κ3) is 3.75. The first-order chi connectivity index (χ1) is 10.8. The number of rotatable bonds is 4. The summed E-state index contributed by atoms with van der Waals surface area (Å²) in [5.41, 5.74) is 8.75. The number of nitrogens with zero attached hydrogens (tertiary/aromatic N) is 4. The first kappa shape index (κ1) is 16.7. The van der Waals surface area contributed by atoms with Gasteiger partial charge in [-0.05, 0) is 33.8 Å². The summed E-state index contributed by atoms with van der Waals surface area (Å²) in [4.78, 5) is 28.4. The molecule has 1 atom stereocenters. The Morgan fingerprint density at radius 2 is 1.74 bits per heavy atom. The Morgan fingerprint density at radius 3 is 2.17 bits per heavy atom. The highest BCUT2D eigenvalue weighted by atomic mass is 16.3. The van der Waals surface area contributed by atoms with Gasteiger partial charge in [0.15, 0.2) is 11.6 Å². The van der Waals surface area contributed by atoms with Crippen molar-refractivity contribution >= 4 is 23.4 Å². The molecule has 0 spiro atoms. The molecule has 2 rings (SSSR count). The van der Waals surface area contributed by atoms with Gasteiger partial charge in [-0.2, -0.15) is 0 Å². The predicted molar refractivity (Wildman–Crippen MR) is 87.1 cm³/mol. The Balaban J connectivity index is 2.53. The summed E-state index contributed by atoms with van der Waals surface area (Å²) in [6.45, 7) is 6.66. The first-order valence-corrected chi connectivity index (χ1v) is 7.13. The van der Waals surface area contributed by atoms with Gasteiger partial charge in [0.1, 0.15) is 6.10 Å². The van der Waals surface area contributed by atoms with Crippen LogP contribution in [0.1, 0.15) is 48.3 Å². The molecule has 2 aromatic rings. The average molecular weight is 313 g/mol. The third-order valence-corrected chi connectivity index (χ3v) is 3.37. The number of nitrogens with two attached hydrogens (primary N) is 1. The molecule has 120 valence electrons. The van der Waals surface area contributed by atoms with Crippen LogP contribution in [0.15, 0.2) is 12.4 Å². The maximum Gasteiger partial charge on any atom is 0.220 e. The Labute approximate surface area is 134 Å². The molecule has 0 bridgehead atoms. The lowest BCUT2D eigenvalue weighted by atomic mass is 10.0. The minimum absolute atomic E-state index is 0.131. The van der Waals surface area contributed by atoms with Crippen molar-refractivity contribution in [2.24, 2.45) is 0 Å². The van der Waals surface area contributed by atoms with E-state index in [1.807, 2.05) is 13.8 Å². The molecule has 0 amide bonds. The molecule has 2 aromatic heterocycles. The van der Waals surface area contributed by atoms with Crippen molar-refractivity contribution in [3.05, 3.63) is 40.7 Å². The molecule has 0 aliphatic rings. The van der Waals surface area contributed by atoms with E-state index in [0.29, 0.717) is 28.3 Å². The van der Waals surface area contributed by atoms with Gasteiger partial charge in [-0.15, -0.1) is 0 Å². The number of carbonyl (C=O) groups is 1. The van der Waals surface area contributed by atoms with Crippen LogP contribution in [0, 0.1) is 13.8 Å². The minimum atomic E-state index is -0.760. The summed E-state index contributed by atoms with van der Waals surface area (Å²) in [5.74, 6) is 0.375. The molecule has 7 nitrogen and oxygen atoms in total. The Morgan fingerprint density at radius 1 is 1.22 bits per heavy atom. The Kier molecular flexibility index (Phi) is 4.80. The quantitative estimate of drug-likeness (QED) is 0.824. The summed E-state index contributed by atoms with van der Waals surface area (Å²) in [5, 5.41) is 9.46. The van der Waals surface area contributed by atoms with Crippen LogP contribution in [0.5, 0.6) is 0 Å². The molecule has 3 N–H and O–H groups in total. The lowest BCUT2D eigenvalue weighted by Crippen LogP contribution is -2.05. The monoisotopic (exact) mass is 313 g/mol. The fourth-order valence-corrected chi connectivity index (χ4v) is 2.19. The number of aliphatic hydroxyl groups is 1. The van der Waals surface area contributed by atoms with Gasteiger partial charge in [0.25, 0.3) is 0 Å². The fourth-order valence-electron chi connectivity index (χ4n) is 2.19. The molecule has 0 aliphatic heterocycles. The van der Waals surface area contributed by atoms with Gasteiger partial charge in [-0.1, -0.05) is 0 Å². The SMILES string of the molecule is CC(=O)/C(=C\c1c(C)nc(N)nc1C)c1cnc([C@@H](C)O)nc1. The molecule has 0 aliphatic carbocycles. The number of hydrogen-bond donors (Lipinski definition) is 2. The fraction of sp³-hybridized carbons (Fsp3) is 0.312. The largest absolute Gasteiger partial charge is 0.385 e. The molecule has 23 heavy (non-hydrogen) atoms. The maximum absolute atomic E-state index is 12.0. The molecule has 7 heteroatoms. The van der Waals surface area contributed by atoms with E-state index >= 15 is 0 Å². The molecule has 0 saturated heterocycles. The van der Waals surface area contributed by atoms with E-state index in [4.69, 9.17) is 5.73 Å². The van der Waals surface area contributed by atoms with E-state index in [1.54, 1.807) is 13.0 Å². The van der Waals surface area contributed by atoms with Gasteiger partial charge in [0.2, 0.25) is 5.95 Å². The van der Waals surface area contributed by atoms with Crippen LogP contribution >= 0.6 is 0 Å². The van der Waals surface area contributed by atoms with Gasteiger partial charge < -0.3 is 10.8 Å². The number of aromatic nitrogens is 4. The van der Waals surface area contributed by atoms with E-state index < -0.39 is 6.10 Å². The van der Waals surface area contributed by atoms with Crippen molar-refractivity contribution in [3.63, 3.8) is 0 Å². The number of aliphatic hydroxyl groups excluding tert-OH is 1. The molecule has 0 aromatic carbocycles. The van der Waals surface area contributed by atoms with Crippen LogP contribution in [0.3, 0.4) is 0 Å². The van der Waals surface area contributed by atoms with Gasteiger partial charge >= 0.3 is 0 Å². The Bertz CT molecular complexity index is 744. The van der Waals surface area contributed by atoms with Crippen molar-refractivity contribution < 1.29 is 9.90 Å². The first-order valence-electron chi connectivity index (χ1n) is 7.13. The number of aryl methyl sites for hydroxylation is 2. The van der Waals surface area contributed by atoms with E-state index in [1.165, 1.54) is 19.3 Å². The summed E-state index contributed by atoms with van der Waals surface area (Å²) < 4.78 is 0. The minimum Gasteiger partial charge on any atom is -0.385 e. The second-order valence-electron chi connectivity index (χ2n) is 5.29. The number of Topliss-reactive ketones (excluding diaryl/α,β-unsaturated/α-hetero) is 1. The van der Waals surface area contributed by atoms with Crippen molar-refractivity contribution in [3.8, 4) is 0 Å². The molecular formula is C16H19N5O2. The average Bonchev–Trinajstić information content (AvgIpc) is 2.46. The summed E-state index contributed by atoms with van der Waals surface area (Å²) in [7, 11) is 0. The third-order valence-electron chi connectivity index (χ3n) is 3.37. The van der Waals surface area contributed by atoms with Crippen LogP contribution in [-0.2, 0) is 4.79 Å². The molecule has 0 saturated carbocycles. The summed E-state index contributed by atoms with van der Waals surface area (Å²) in [6.07, 6.45) is 3.99. The van der Waals surface area contributed by atoms with Crippen LogP contribution in [0.25, 0.3) is 11.6 Å². The van der Waals surface area contributed by atoms with Crippen molar-refractivity contribution in [2.75, 3.05) is 5.73 Å². The van der Waals surface area contributed by atoms with Gasteiger partial charge in [-0.3, -0.25) is 4.79 Å². The summed E-state index contributed by atoms with van der Waals surface area (Å²) >= 11 is 0. The van der Waals surface area contributed by atoms with Gasteiger partial charge in [0, 0.05) is 29.1 Å². The second-order valence-corrected chi connectivity index (χ2v) is 5.29. The number of allylic oxidation sites excluding steroid dienone is 1. The topological polar surface area (TPSA) is 115 Å². The standard InChI is InChI=1S/C16H19N5O2/c1-8-13(9(2)21-16(17)20-8)5-14(10(3)22)12-6-18-15(11(4)23)19-7-12/h5-7,11,23H,1-4H3,(H2,17,20,21)/b14-5+/t11-/m1/s1. The zero-order valence-electron chi connectivity index (χ0n) is 13.5. The second kappa shape index (κ2) is 6.62. The highest BCUT2D eigenvalue weighted by molar-refractivity contribution is 6.24. The highest BCUT2D eigenvalue weighted by Crippen LogP contribution is 2.22. The number of carbonyl (C=O) groups excluding carboxylic acids is 1. The van der Waals surface area contributed by atoms with Crippen LogP contribution < -0.4 is 5.73 Å². The zero-order chi connectivity index (χ0) is 17.1.